The fourth-order valence-electron chi connectivity index (χ4n) is 1.90. The van der Waals surface area contributed by atoms with Gasteiger partial charge in [0.05, 0.1) is 19.8 Å². The van der Waals surface area contributed by atoms with Crippen LogP contribution in [0.1, 0.15) is 32.6 Å². The summed E-state index contributed by atoms with van der Waals surface area (Å²) in [6, 6.07) is 8.06. The minimum Gasteiger partial charge on any atom is -0.490 e. The molecule has 120 valence electrons. The third-order valence-electron chi connectivity index (χ3n) is 3.07. The molecule has 0 atom stereocenters. The summed E-state index contributed by atoms with van der Waals surface area (Å²) >= 11 is 1.69. The number of thioether (sulfide) groups is 1. The predicted molar refractivity (Wildman–Crippen MR) is 89.5 cm³/mol. The molecule has 1 aromatic carbocycles. The standard InChI is InChI=1S/C17H28O3S/c1-3-4-5-8-11-18-12-13-19-14-15-20-16-9-6-7-10-17(16)21-2/h6-7,9-10H,3-5,8,11-15H2,1-2H3. The van der Waals surface area contributed by atoms with Gasteiger partial charge in [-0.1, -0.05) is 38.3 Å². The fraction of sp³-hybridized carbons (Fsp3) is 0.647. The topological polar surface area (TPSA) is 27.7 Å². The van der Waals surface area contributed by atoms with E-state index in [1.165, 1.54) is 19.3 Å². The quantitative estimate of drug-likeness (QED) is 0.398. The van der Waals surface area contributed by atoms with E-state index in [-0.39, 0.29) is 0 Å². The summed E-state index contributed by atoms with van der Waals surface area (Å²) in [7, 11) is 0. The Morgan fingerprint density at radius 3 is 2.33 bits per heavy atom. The van der Waals surface area contributed by atoms with Crippen molar-refractivity contribution in [1.29, 1.82) is 0 Å². The maximum absolute atomic E-state index is 5.71. The molecule has 0 spiro atoms. The molecule has 0 N–H and O–H groups in total. The molecule has 0 radical (unpaired) electrons. The van der Waals surface area contributed by atoms with E-state index >= 15 is 0 Å². The number of rotatable bonds is 13. The third kappa shape index (κ3) is 9.02. The van der Waals surface area contributed by atoms with E-state index in [1.54, 1.807) is 11.8 Å². The van der Waals surface area contributed by atoms with Crippen LogP contribution in [0, 0.1) is 0 Å². The van der Waals surface area contributed by atoms with E-state index in [1.807, 2.05) is 18.2 Å². The highest BCUT2D eigenvalue weighted by Gasteiger charge is 2.00. The molecule has 4 heteroatoms. The van der Waals surface area contributed by atoms with Crippen molar-refractivity contribution in [1.82, 2.24) is 0 Å². The number of ether oxygens (including phenoxy) is 3. The van der Waals surface area contributed by atoms with Gasteiger partial charge in [0.1, 0.15) is 12.4 Å². The van der Waals surface area contributed by atoms with Gasteiger partial charge >= 0.3 is 0 Å². The molecule has 0 amide bonds. The minimum atomic E-state index is 0.577. The lowest BCUT2D eigenvalue weighted by atomic mass is 10.2. The van der Waals surface area contributed by atoms with Gasteiger partial charge in [0.25, 0.3) is 0 Å². The summed E-state index contributed by atoms with van der Waals surface area (Å²) in [6.45, 7) is 5.56. The molecule has 3 nitrogen and oxygen atoms in total. The van der Waals surface area contributed by atoms with Crippen LogP contribution in [0.2, 0.25) is 0 Å². The van der Waals surface area contributed by atoms with Crippen molar-refractivity contribution >= 4 is 11.8 Å². The number of hydrogen-bond acceptors (Lipinski definition) is 4. The van der Waals surface area contributed by atoms with Crippen LogP contribution in [0.3, 0.4) is 0 Å². The number of para-hydroxylation sites is 1. The summed E-state index contributed by atoms with van der Waals surface area (Å²) in [5, 5.41) is 0. The number of hydrogen-bond donors (Lipinski definition) is 0. The molecule has 0 bridgehead atoms. The Balaban J connectivity index is 1.93. The first-order chi connectivity index (χ1) is 10.4. The molecule has 0 unspecified atom stereocenters. The van der Waals surface area contributed by atoms with E-state index in [4.69, 9.17) is 14.2 Å². The molecular weight excluding hydrogens is 284 g/mol. The zero-order valence-corrected chi connectivity index (χ0v) is 14.1. The second kappa shape index (κ2) is 13.0. The molecule has 21 heavy (non-hydrogen) atoms. The van der Waals surface area contributed by atoms with Crippen molar-refractivity contribution in [3.05, 3.63) is 24.3 Å². The molecule has 0 aromatic heterocycles. The smallest absolute Gasteiger partial charge is 0.132 e. The van der Waals surface area contributed by atoms with Gasteiger partial charge in [0, 0.05) is 11.5 Å². The molecule has 1 aromatic rings. The van der Waals surface area contributed by atoms with Crippen molar-refractivity contribution in [2.75, 3.05) is 39.3 Å². The Labute approximate surface area is 133 Å². The van der Waals surface area contributed by atoms with Gasteiger partial charge in [-0.15, -0.1) is 11.8 Å². The third-order valence-corrected chi connectivity index (χ3v) is 3.85. The molecular formula is C17H28O3S. The fourth-order valence-corrected chi connectivity index (χ4v) is 2.44. The Hall–Kier alpha value is -0.710. The molecule has 1 rings (SSSR count). The Morgan fingerprint density at radius 1 is 0.857 bits per heavy atom. The van der Waals surface area contributed by atoms with Crippen molar-refractivity contribution in [3.63, 3.8) is 0 Å². The van der Waals surface area contributed by atoms with E-state index in [2.05, 4.69) is 19.2 Å². The number of benzene rings is 1. The van der Waals surface area contributed by atoms with E-state index in [9.17, 15) is 0 Å². The summed E-state index contributed by atoms with van der Waals surface area (Å²) < 4.78 is 16.7. The highest BCUT2D eigenvalue weighted by Crippen LogP contribution is 2.26. The number of unbranched alkanes of at least 4 members (excludes halogenated alkanes) is 3. The van der Waals surface area contributed by atoms with Crippen LogP contribution in [0.4, 0.5) is 0 Å². The second-order valence-electron chi connectivity index (χ2n) is 4.78. The predicted octanol–water partition coefficient (Wildman–Crippen LogP) is 4.40. The lowest BCUT2D eigenvalue weighted by molar-refractivity contribution is 0.0349. The van der Waals surface area contributed by atoms with Crippen LogP contribution in [-0.2, 0) is 9.47 Å². The summed E-state index contributed by atoms with van der Waals surface area (Å²) in [5.74, 6) is 0.931. The Morgan fingerprint density at radius 2 is 1.57 bits per heavy atom. The molecule has 0 aliphatic rings. The average molecular weight is 312 g/mol. The highest BCUT2D eigenvalue weighted by atomic mass is 32.2. The molecule has 0 heterocycles. The van der Waals surface area contributed by atoms with Crippen molar-refractivity contribution in [2.24, 2.45) is 0 Å². The van der Waals surface area contributed by atoms with E-state index < -0.39 is 0 Å². The van der Waals surface area contributed by atoms with Crippen LogP contribution in [0.5, 0.6) is 5.75 Å². The van der Waals surface area contributed by atoms with Gasteiger partial charge in [-0.3, -0.25) is 0 Å². The maximum Gasteiger partial charge on any atom is 0.132 e. The summed E-state index contributed by atoms with van der Waals surface area (Å²) in [6.07, 6.45) is 7.04. The van der Waals surface area contributed by atoms with Crippen molar-refractivity contribution in [2.45, 2.75) is 37.5 Å². The van der Waals surface area contributed by atoms with Gasteiger partial charge < -0.3 is 14.2 Å². The molecule has 0 saturated heterocycles. The zero-order chi connectivity index (χ0) is 15.2. The van der Waals surface area contributed by atoms with Gasteiger partial charge in [0.15, 0.2) is 0 Å². The Bertz CT molecular complexity index is 358. The average Bonchev–Trinajstić information content (AvgIpc) is 2.53. The molecule has 0 aliphatic carbocycles. The minimum absolute atomic E-state index is 0.577. The van der Waals surface area contributed by atoms with Gasteiger partial charge in [-0.05, 0) is 24.8 Å². The van der Waals surface area contributed by atoms with Crippen molar-refractivity contribution in [3.8, 4) is 5.75 Å². The lowest BCUT2D eigenvalue weighted by Crippen LogP contribution is -2.11. The molecule has 0 aliphatic heterocycles. The van der Waals surface area contributed by atoms with Crippen molar-refractivity contribution < 1.29 is 14.2 Å². The first-order valence-corrected chi connectivity index (χ1v) is 9.02. The SMILES string of the molecule is CCCCCCOCCOCCOc1ccccc1SC. The lowest BCUT2D eigenvalue weighted by Gasteiger charge is -2.10. The monoisotopic (exact) mass is 312 g/mol. The highest BCUT2D eigenvalue weighted by molar-refractivity contribution is 7.98. The van der Waals surface area contributed by atoms with Gasteiger partial charge in [-0.25, -0.2) is 0 Å². The molecule has 0 fully saturated rings. The summed E-state index contributed by atoms with van der Waals surface area (Å²) in [5.41, 5.74) is 0. The van der Waals surface area contributed by atoms with Crippen LogP contribution in [0.15, 0.2) is 29.2 Å². The molecule has 0 saturated carbocycles. The summed E-state index contributed by atoms with van der Waals surface area (Å²) in [4.78, 5) is 1.16. The first-order valence-electron chi connectivity index (χ1n) is 7.79. The van der Waals surface area contributed by atoms with Crippen LogP contribution < -0.4 is 4.74 Å². The van der Waals surface area contributed by atoms with E-state index in [0.717, 1.165) is 23.7 Å². The second-order valence-corrected chi connectivity index (χ2v) is 5.63. The van der Waals surface area contributed by atoms with Crippen LogP contribution in [0.25, 0.3) is 0 Å². The largest absolute Gasteiger partial charge is 0.490 e. The van der Waals surface area contributed by atoms with E-state index in [0.29, 0.717) is 26.4 Å². The van der Waals surface area contributed by atoms with Gasteiger partial charge in [0.2, 0.25) is 0 Å². The maximum atomic E-state index is 5.71. The zero-order valence-electron chi connectivity index (χ0n) is 13.3. The van der Waals surface area contributed by atoms with Crippen LogP contribution in [-0.4, -0.2) is 39.3 Å². The van der Waals surface area contributed by atoms with Crippen LogP contribution >= 0.6 is 11.8 Å². The Kier molecular flexibility index (Phi) is 11.3. The first kappa shape index (κ1) is 18.3. The normalized spacial score (nSPS) is 10.8. The van der Waals surface area contributed by atoms with Gasteiger partial charge in [-0.2, -0.15) is 0 Å².